The Hall–Kier alpha value is 0.495. The predicted molar refractivity (Wildman–Crippen MR) is 56.1 cm³/mol. The highest BCUT2D eigenvalue weighted by Crippen LogP contribution is 2.52. The Morgan fingerprint density at radius 2 is 1.27 bits per heavy atom. The van der Waals surface area contributed by atoms with E-state index in [4.69, 9.17) is 0 Å². The molecular formula is C9H19BP. The summed E-state index contributed by atoms with van der Waals surface area (Å²) in [6.07, 6.45) is 4.32. The third-order valence-corrected chi connectivity index (χ3v) is 4.13. The van der Waals surface area contributed by atoms with Crippen molar-refractivity contribution in [1.29, 1.82) is 0 Å². The van der Waals surface area contributed by atoms with E-state index in [0.29, 0.717) is 10.3 Å². The Labute approximate surface area is 74.9 Å². The van der Waals surface area contributed by atoms with Crippen molar-refractivity contribution in [3.05, 3.63) is 0 Å². The first-order chi connectivity index (χ1) is 4.41. The lowest BCUT2D eigenvalue weighted by Gasteiger charge is -2.40. The summed E-state index contributed by atoms with van der Waals surface area (Å²) in [7, 11) is 1.16. The van der Waals surface area contributed by atoms with Crippen LogP contribution in [-0.2, 0) is 0 Å². The van der Waals surface area contributed by atoms with Gasteiger partial charge in [-0.2, -0.15) is 0 Å². The van der Waals surface area contributed by atoms with Crippen molar-refractivity contribution >= 4 is 17.0 Å². The van der Waals surface area contributed by atoms with Crippen molar-refractivity contribution in [3.63, 3.8) is 0 Å². The van der Waals surface area contributed by atoms with E-state index in [0.717, 1.165) is 8.58 Å². The van der Waals surface area contributed by atoms with Crippen LogP contribution in [0.2, 0.25) is 0 Å². The predicted octanol–water partition coefficient (Wildman–Crippen LogP) is 3.03. The van der Waals surface area contributed by atoms with Crippen LogP contribution < -0.4 is 0 Å². The van der Waals surface area contributed by atoms with Gasteiger partial charge in [0.2, 0.25) is 0 Å². The summed E-state index contributed by atoms with van der Waals surface area (Å²) in [6, 6.07) is 0. The fourth-order valence-corrected chi connectivity index (χ4v) is 4.45. The zero-order chi connectivity index (χ0) is 7.83. The maximum atomic E-state index is 2.41. The maximum Gasteiger partial charge on any atom is 0 e. The first-order valence-electron chi connectivity index (χ1n) is 4.21. The molecule has 1 aliphatic rings. The van der Waals surface area contributed by atoms with E-state index < -0.39 is 0 Å². The van der Waals surface area contributed by atoms with Gasteiger partial charge in [0, 0.05) is 8.41 Å². The Morgan fingerprint density at radius 1 is 0.909 bits per heavy atom. The molecule has 0 nitrogen and oxygen atoms in total. The fourth-order valence-electron chi connectivity index (χ4n) is 2.01. The van der Waals surface area contributed by atoms with Crippen LogP contribution in [0.1, 0.15) is 47.0 Å². The van der Waals surface area contributed by atoms with Crippen LogP contribution in [0.25, 0.3) is 0 Å². The lowest BCUT2D eigenvalue weighted by Crippen LogP contribution is -2.28. The number of rotatable bonds is 0. The van der Waals surface area contributed by atoms with Crippen LogP contribution in [0.15, 0.2) is 0 Å². The lowest BCUT2D eigenvalue weighted by molar-refractivity contribution is 0.476. The van der Waals surface area contributed by atoms with Gasteiger partial charge in [-0.25, -0.2) is 0 Å². The molecule has 0 N–H and O–H groups in total. The van der Waals surface area contributed by atoms with Gasteiger partial charge >= 0.3 is 0 Å². The van der Waals surface area contributed by atoms with Crippen molar-refractivity contribution < 1.29 is 0 Å². The molecule has 0 spiro atoms. The molecular weight excluding hydrogens is 150 g/mol. The minimum absolute atomic E-state index is 0. The largest absolute Gasteiger partial charge is 0.110 e. The summed E-state index contributed by atoms with van der Waals surface area (Å²) in [5.41, 5.74) is 0. The van der Waals surface area contributed by atoms with Gasteiger partial charge in [-0.05, 0) is 23.2 Å². The Kier molecular flexibility index (Phi) is 3.63. The zero-order valence-electron chi connectivity index (χ0n) is 8.20. The van der Waals surface area contributed by atoms with Crippen LogP contribution in [0, 0.1) is 0 Å². The van der Waals surface area contributed by atoms with Crippen molar-refractivity contribution in [1.82, 2.24) is 0 Å². The van der Waals surface area contributed by atoms with E-state index in [1.54, 1.807) is 0 Å². The molecule has 2 heteroatoms. The standard InChI is InChI=1S/C9H19P.B/c1-8(2)6-5-7-9(3,4)10-8;/h10H,5-7H2,1-4H3;. The highest BCUT2D eigenvalue weighted by atomic mass is 31.1. The molecule has 0 aromatic carbocycles. The Bertz CT molecular complexity index is 116. The monoisotopic (exact) mass is 169 g/mol. The molecule has 1 saturated heterocycles. The third kappa shape index (κ3) is 3.60. The summed E-state index contributed by atoms with van der Waals surface area (Å²) >= 11 is 0. The SMILES string of the molecule is CC1(C)CCCC(C)(C)P1.[B]. The van der Waals surface area contributed by atoms with Gasteiger partial charge in [0.05, 0.1) is 0 Å². The molecule has 63 valence electrons. The van der Waals surface area contributed by atoms with Crippen LogP contribution in [0.5, 0.6) is 0 Å². The van der Waals surface area contributed by atoms with Gasteiger partial charge in [-0.15, -0.1) is 8.58 Å². The van der Waals surface area contributed by atoms with E-state index in [1.165, 1.54) is 19.3 Å². The molecule has 0 aromatic rings. The summed E-state index contributed by atoms with van der Waals surface area (Å²) in [6.45, 7) is 9.64. The number of hydrogen-bond donors (Lipinski definition) is 0. The average molecular weight is 169 g/mol. The van der Waals surface area contributed by atoms with Gasteiger partial charge in [-0.3, -0.25) is 0 Å². The van der Waals surface area contributed by atoms with Gasteiger partial charge in [0.15, 0.2) is 0 Å². The minimum Gasteiger partial charge on any atom is -0.110 e. The second-order valence-corrected chi connectivity index (χ2v) is 7.70. The normalized spacial score (nSPS) is 27.3. The Balaban J connectivity index is 0.000001000. The highest BCUT2D eigenvalue weighted by Gasteiger charge is 2.32. The smallest absolute Gasteiger partial charge is 0 e. The molecule has 0 bridgehead atoms. The van der Waals surface area contributed by atoms with Gasteiger partial charge in [-0.1, -0.05) is 34.1 Å². The molecule has 0 unspecified atom stereocenters. The molecule has 3 radical (unpaired) electrons. The van der Waals surface area contributed by atoms with Gasteiger partial charge in [0.25, 0.3) is 0 Å². The van der Waals surface area contributed by atoms with E-state index >= 15 is 0 Å². The summed E-state index contributed by atoms with van der Waals surface area (Å²) < 4.78 is 0. The molecule has 0 aromatic heterocycles. The van der Waals surface area contributed by atoms with Crippen LogP contribution in [0.3, 0.4) is 0 Å². The molecule has 11 heavy (non-hydrogen) atoms. The number of hydrogen-bond acceptors (Lipinski definition) is 0. The van der Waals surface area contributed by atoms with Gasteiger partial charge < -0.3 is 0 Å². The molecule has 1 aliphatic heterocycles. The van der Waals surface area contributed by atoms with Crippen molar-refractivity contribution in [2.75, 3.05) is 0 Å². The van der Waals surface area contributed by atoms with Crippen molar-refractivity contribution in [2.24, 2.45) is 0 Å². The quantitative estimate of drug-likeness (QED) is 0.386. The topological polar surface area (TPSA) is 0 Å². The highest BCUT2D eigenvalue weighted by molar-refractivity contribution is 7.41. The van der Waals surface area contributed by atoms with Crippen LogP contribution >= 0.6 is 8.58 Å². The first-order valence-corrected chi connectivity index (χ1v) is 5.21. The molecule has 0 aliphatic carbocycles. The third-order valence-electron chi connectivity index (χ3n) is 2.28. The first kappa shape index (κ1) is 11.5. The van der Waals surface area contributed by atoms with E-state index in [9.17, 15) is 0 Å². The molecule has 1 fully saturated rings. The fraction of sp³-hybridized carbons (Fsp3) is 1.00. The molecule has 0 atom stereocenters. The van der Waals surface area contributed by atoms with E-state index in [2.05, 4.69) is 27.7 Å². The zero-order valence-corrected chi connectivity index (χ0v) is 9.20. The van der Waals surface area contributed by atoms with Gasteiger partial charge in [0.1, 0.15) is 0 Å². The Morgan fingerprint density at radius 3 is 1.45 bits per heavy atom. The van der Waals surface area contributed by atoms with Crippen LogP contribution in [0.4, 0.5) is 0 Å². The molecule has 0 saturated carbocycles. The summed E-state index contributed by atoms with van der Waals surface area (Å²) in [4.78, 5) is 0. The average Bonchev–Trinajstić information content (AvgIpc) is 1.56. The van der Waals surface area contributed by atoms with Crippen LogP contribution in [-0.4, -0.2) is 18.7 Å². The summed E-state index contributed by atoms with van der Waals surface area (Å²) in [5, 5.41) is 1.28. The second kappa shape index (κ2) is 3.48. The lowest BCUT2D eigenvalue weighted by atomic mass is 9.98. The minimum atomic E-state index is 0. The van der Waals surface area contributed by atoms with E-state index in [-0.39, 0.29) is 8.41 Å². The van der Waals surface area contributed by atoms with Crippen molar-refractivity contribution in [3.8, 4) is 0 Å². The molecule has 1 rings (SSSR count). The maximum absolute atomic E-state index is 2.41. The summed E-state index contributed by atoms with van der Waals surface area (Å²) in [5.74, 6) is 0. The molecule has 0 amide bonds. The molecule has 1 heterocycles. The second-order valence-electron chi connectivity index (χ2n) is 4.75. The van der Waals surface area contributed by atoms with Crippen molar-refractivity contribution in [2.45, 2.75) is 57.3 Å². The van der Waals surface area contributed by atoms with E-state index in [1.807, 2.05) is 0 Å².